The van der Waals surface area contributed by atoms with E-state index in [0.29, 0.717) is 0 Å². The molecule has 0 bridgehead atoms. The molecule has 0 unspecified atom stereocenters. The van der Waals surface area contributed by atoms with Gasteiger partial charge in [0.25, 0.3) is 0 Å². The van der Waals surface area contributed by atoms with Gasteiger partial charge in [0.2, 0.25) is 0 Å². The highest BCUT2D eigenvalue weighted by atomic mass is 32.1. The molecule has 1 aromatic heterocycles. The minimum Gasteiger partial charge on any atom is -0.389 e. The Balaban J connectivity index is 1.41. The molecule has 0 atom stereocenters. The van der Waals surface area contributed by atoms with Gasteiger partial charge < -0.3 is 5.11 Å². The lowest BCUT2D eigenvalue weighted by atomic mass is 9.79. The Morgan fingerprint density at radius 1 is 1.44 bits per heavy atom. The average molecular weight is 237 g/mol. The van der Waals surface area contributed by atoms with Crippen LogP contribution in [-0.2, 0) is 6.42 Å². The lowest BCUT2D eigenvalue weighted by molar-refractivity contribution is -0.0799. The number of thiophene rings is 1. The number of rotatable bonds is 4. The van der Waals surface area contributed by atoms with E-state index in [0.717, 1.165) is 25.3 Å². The van der Waals surface area contributed by atoms with Gasteiger partial charge in [-0.25, -0.2) is 0 Å². The summed E-state index contributed by atoms with van der Waals surface area (Å²) in [6, 6.07) is 4.36. The molecule has 1 N–H and O–H groups in total. The molecule has 2 fully saturated rings. The quantitative estimate of drug-likeness (QED) is 0.867. The third-order valence-electron chi connectivity index (χ3n) is 3.90. The summed E-state index contributed by atoms with van der Waals surface area (Å²) in [4.78, 5) is 3.92. The van der Waals surface area contributed by atoms with Crippen LogP contribution in [0.1, 0.15) is 24.1 Å². The molecule has 3 heteroatoms. The summed E-state index contributed by atoms with van der Waals surface area (Å²) in [5, 5.41) is 12.2. The highest BCUT2D eigenvalue weighted by molar-refractivity contribution is 7.09. The fraction of sp³-hybridized carbons (Fsp3) is 0.692. The minimum absolute atomic E-state index is 0.325. The van der Waals surface area contributed by atoms with Gasteiger partial charge in [-0.05, 0) is 43.0 Å². The van der Waals surface area contributed by atoms with Crippen LogP contribution >= 0.6 is 11.3 Å². The SMILES string of the molecule is OC1(CN2CC(Cc3cccs3)C2)CCC1. The number of likely N-dealkylation sites (tertiary alicyclic amines) is 1. The van der Waals surface area contributed by atoms with Gasteiger partial charge in [-0.1, -0.05) is 6.07 Å². The molecule has 16 heavy (non-hydrogen) atoms. The van der Waals surface area contributed by atoms with Crippen LogP contribution in [0.3, 0.4) is 0 Å². The smallest absolute Gasteiger partial charge is 0.0774 e. The van der Waals surface area contributed by atoms with Gasteiger partial charge in [0.15, 0.2) is 0 Å². The van der Waals surface area contributed by atoms with E-state index in [4.69, 9.17) is 0 Å². The minimum atomic E-state index is -0.325. The molecule has 0 aromatic carbocycles. The largest absolute Gasteiger partial charge is 0.389 e. The van der Waals surface area contributed by atoms with Crippen LogP contribution in [0.25, 0.3) is 0 Å². The van der Waals surface area contributed by atoms with E-state index in [1.807, 2.05) is 11.3 Å². The third kappa shape index (κ3) is 2.17. The molecule has 0 amide bonds. The van der Waals surface area contributed by atoms with Gasteiger partial charge in [-0.15, -0.1) is 11.3 Å². The second-order valence-corrected chi connectivity index (χ2v) is 6.45. The molecule has 1 saturated carbocycles. The van der Waals surface area contributed by atoms with Gasteiger partial charge in [0.05, 0.1) is 5.60 Å². The van der Waals surface area contributed by atoms with Crippen molar-refractivity contribution in [2.75, 3.05) is 19.6 Å². The Bertz CT molecular complexity index is 339. The number of nitrogens with zero attached hydrogens (tertiary/aromatic N) is 1. The zero-order valence-corrected chi connectivity index (χ0v) is 10.4. The number of β-amino-alcohol motifs (C(OH)–C–C–N with tert-alkyl or cyclic N) is 1. The first-order valence-corrected chi connectivity index (χ1v) is 7.09. The molecular formula is C13H19NOS. The summed E-state index contributed by atoms with van der Waals surface area (Å²) in [7, 11) is 0. The predicted molar refractivity (Wildman–Crippen MR) is 66.8 cm³/mol. The van der Waals surface area contributed by atoms with Crippen molar-refractivity contribution in [3.05, 3.63) is 22.4 Å². The molecule has 2 nitrogen and oxygen atoms in total. The summed E-state index contributed by atoms with van der Waals surface area (Å²) >= 11 is 1.86. The Hall–Kier alpha value is -0.380. The Kier molecular flexibility index (Phi) is 2.78. The maximum atomic E-state index is 10.0. The van der Waals surface area contributed by atoms with E-state index in [-0.39, 0.29) is 5.60 Å². The van der Waals surface area contributed by atoms with E-state index < -0.39 is 0 Å². The summed E-state index contributed by atoms with van der Waals surface area (Å²) in [5.41, 5.74) is -0.325. The van der Waals surface area contributed by atoms with Gasteiger partial charge in [-0.2, -0.15) is 0 Å². The molecule has 2 aliphatic rings. The summed E-state index contributed by atoms with van der Waals surface area (Å²) in [6.45, 7) is 3.27. The summed E-state index contributed by atoms with van der Waals surface area (Å²) < 4.78 is 0. The second-order valence-electron chi connectivity index (χ2n) is 5.42. The number of hydrogen-bond donors (Lipinski definition) is 1. The Morgan fingerprint density at radius 2 is 2.25 bits per heavy atom. The fourth-order valence-corrected chi connectivity index (χ4v) is 3.63. The lowest BCUT2D eigenvalue weighted by Gasteiger charge is -2.47. The lowest BCUT2D eigenvalue weighted by Crippen LogP contribution is -2.56. The molecule has 1 aliphatic carbocycles. The number of hydrogen-bond acceptors (Lipinski definition) is 3. The van der Waals surface area contributed by atoms with Crippen LogP contribution in [-0.4, -0.2) is 35.2 Å². The average Bonchev–Trinajstić information content (AvgIpc) is 2.64. The summed E-state index contributed by atoms with van der Waals surface area (Å²) in [6.07, 6.45) is 4.47. The van der Waals surface area contributed by atoms with Crippen LogP contribution in [0.15, 0.2) is 17.5 Å². The van der Waals surface area contributed by atoms with Crippen molar-refractivity contribution in [1.29, 1.82) is 0 Å². The molecular weight excluding hydrogens is 218 g/mol. The fourth-order valence-electron chi connectivity index (χ4n) is 2.81. The predicted octanol–water partition coefficient (Wildman–Crippen LogP) is 2.14. The maximum absolute atomic E-state index is 10.0. The molecule has 0 spiro atoms. The van der Waals surface area contributed by atoms with Crippen LogP contribution in [0.5, 0.6) is 0 Å². The van der Waals surface area contributed by atoms with Crippen molar-refractivity contribution >= 4 is 11.3 Å². The van der Waals surface area contributed by atoms with Crippen molar-refractivity contribution in [2.45, 2.75) is 31.3 Å². The topological polar surface area (TPSA) is 23.5 Å². The van der Waals surface area contributed by atoms with Crippen LogP contribution < -0.4 is 0 Å². The van der Waals surface area contributed by atoms with E-state index in [2.05, 4.69) is 22.4 Å². The van der Waals surface area contributed by atoms with Crippen molar-refractivity contribution in [2.24, 2.45) is 5.92 Å². The van der Waals surface area contributed by atoms with Crippen molar-refractivity contribution in [3.8, 4) is 0 Å². The molecule has 1 aliphatic heterocycles. The van der Waals surface area contributed by atoms with Crippen LogP contribution in [0.2, 0.25) is 0 Å². The van der Waals surface area contributed by atoms with Crippen molar-refractivity contribution in [1.82, 2.24) is 4.90 Å². The molecule has 88 valence electrons. The first-order valence-electron chi connectivity index (χ1n) is 6.21. The van der Waals surface area contributed by atoms with Gasteiger partial charge in [0, 0.05) is 24.5 Å². The van der Waals surface area contributed by atoms with E-state index in [1.54, 1.807) is 0 Å². The maximum Gasteiger partial charge on any atom is 0.0774 e. The summed E-state index contributed by atoms with van der Waals surface area (Å²) in [5.74, 6) is 0.822. The normalized spacial score (nSPS) is 25.1. The highest BCUT2D eigenvalue weighted by Gasteiger charge is 2.39. The molecule has 0 radical (unpaired) electrons. The van der Waals surface area contributed by atoms with E-state index in [1.165, 1.54) is 30.8 Å². The van der Waals surface area contributed by atoms with E-state index in [9.17, 15) is 5.11 Å². The zero-order valence-electron chi connectivity index (χ0n) is 9.56. The Labute approximate surface area is 101 Å². The van der Waals surface area contributed by atoms with Gasteiger partial charge >= 0.3 is 0 Å². The third-order valence-corrected chi connectivity index (χ3v) is 4.80. The molecule has 1 saturated heterocycles. The van der Waals surface area contributed by atoms with Crippen molar-refractivity contribution in [3.63, 3.8) is 0 Å². The van der Waals surface area contributed by atoms with Crippen LogP contribution in [0, 0.1) is 5.92 Å². The van der Waals surface area contributed by atoms with E-state index >= 15 is 0 Å². The van der Waals surface area contributed by atoms with Gasteiger partial charge in [-0.3, -0.25) is 4.90 Å². The first-order chi connectivity index (χ1) is 7.73. The second kappa shape index (κ2) is 4.13. The number of aliphatic hydroxyl groups is 1. The monoisotopic (exact) mass is 237 g/mol. The van der Waals surface area contributed by atoms with Crippen LogP contribution in [0.4, 0.5) is 0 Å². The standard InChI is InChI=1S/C13H19NOS/c15-13(4-2-5-13)10-14-8-11(9-14)7-12-3-1-6-16-12/h1,3,6,11,15H,2,4-5,7-10H2. The molecule has 2 heterocycles. The Morgan fingerprint density at radius 3 is 2.81 bits per heavy atom. The first kappa shape index (κ1) is 10.8. The molecule has 1 aromatic rings. The molecule has 3 rings (SSSR count). The van der Waals surface area contributed by atoms with Crippen molar-refractivity contribution < 1.29 is 5.11 Å². The zero-order chi connectivity index (χ0) is 11.0. The van der Waals surface area contributed by atoms with Gasteiger partial charge in [0.1, 0.15) is 0 Å². The highest BCUT2D eigenvalue weighted by Crippen LogP contribution is 2.34.